The Hall–Kier alpha value is -3.75. The fourth-order valence-corrected chi connectivity index (χ4v) is 2.91. The molecule has 0 aliphatic carbocycles. The number of tetrazole rings is 1. The quantitative estimate of drug-likeness (QED) is 0.658. The van der Waals surface area contributed by atoms with Gasteiger partial charge in [0.05, 0.1) is 17.5 Å². The summed E-state index contributed by atoms with van der Waals surface area (Å²) in [5, 5.41) is 27.1. The predicted octanol–water partition coefficient (Wildman–Crippen LogP) is 1.70. The lowest BCUT2D eigenvalue weighted by atomic mass is 9.95. The third-order valence-corrected chi connectivity index (χ3v) is 4.09. The lowest BCUT2D eigenvalue weighted by Gasteiger charge is -2.27. The number of nitrogens with one attached hydrogen (secondary N) is 2. The highest BCUT2D eigenvalue weighted by molar-refractivity contribution is 6.05. The van der Waals surface area contributed by atoms with Crippen LogP contribution in [0, 0.1) is 0 Å². The maximum atomic E-state index is 13.0. The number of hydrogen-bond acceptors (Lipinski definition) is 7. The average molecular weight is 349 g/mol. The third-order valence-electron chi connectivity index (χ3n) is 4.09. The number of carbonyl (C=O) groups excluding carboxylic acids is 1. The predicted molar refractivity (Wildman–Crippen MR) is 93.3 cm³/mol. The van der Waals surface area contributed by atoms with Gasteiger partial charge in [-0.3, -0.25) is 9.78 Å². The molecule has 1 aromatic carbocycles. The van der Waals surface area contributed by atoms with Crippen LogP contribution in [0.3, 0.4) is 0 Å². The van der Waals surface area contributed by atoms with Crippen LogP contribution < -0.4 is 10.6 Å². The first-order chi connectivity index (χ1) is 12.6. The molecule has 2 aromatic heterocycles. The SMILES string of the molecule is CC1=C(C(=O)Nc2cccnc2)[C@H](c2ccc(O)cc2)n2nnnc2N1. The average Bonchev–Trinajstić information content (AvgIpc) is 3.10. The summed E-state index contributed by atoms with van der Waals surface area (Å²) in [6.45, 7) is 1.80. The monoisotopic (exact) mass is 349 g/mol. The fourth-order valence-electron chi connectivity index (χ4n) is 2.91. The highest BCUT2D eigenvalue weighted by Crippen LogP contribution is 2.35. The van der Waals surface area contributed by atoms with Crippen LogP contribution in [-0.4, -0.2) is 36.2 Å². The van der Waals surface area contributed by atoms with Gasteiger partial charge in [0.15, 0.2) is 0 Å². The summed E-state index contributed by atoms with van der Waals surface area (Å²) in [6.07, 6.45) is 3.21. The van der Waals surface area contributed by atoms with Crippen molar-refractivity contribution >= 4 is 17.5 Å². The first kappa shape index (κ1) is 15.8. The number of allylic oxidation sites excluding steroid dienone is 1. The van der Waals surface area contributed by atoms with E-state index in [4.69, 9.17) is 0 Å². The molecule has 3 heterocycles. The van der Waals surface area contributed by atoms with E-state index in [1.165, 1.54) is 4.68 Å². The zero-order chi connectivity index (χ0) is 18.1. The lowest BCUT2D eigenvalue weighted by Crippen LogP contribution is -2.31. The summed E-state index contributed by atoms with van der Waals surface area (Å²) in [6, 6.07) is 9.57. The Labute approximate surface area is 148 Å². The van der Waals surface area contributed by atoms with Crippen molar-refractivity contribution in [2.24, 2.45) is 0 Å². The summed E-state index contributed by atoms with van der Waals surface area (Å²) in [4.78, 5) is 17.0. The van der Waals surface area contributed by atoms with Gasteiger partial charge in [0.2, 0.25) is 5.95 Å². The molecule has 0 bridgehead atoms. The number of phenols is 1. The van der Waals surface area contributed by atoms with Crippen LogP contribution >= 0.6 is 0 Å². The summed E-state index contributed by atoms with van der Waals surface area (Å²) in [5.41, 5.74) is 2.48. The molecule has 26 heavy (non-hydrogen) atoms. The van der Waals surface area contributed by atoms with Crippen molar-refractivity contribution in [3.05, 3.63) is 65.6 Å². The Bertz CT molecular complexity index is 980. The Morgan fingerprint density at radius 2 is 2.08 bits per heavy atom. The van der Waals surface area contributed by atoms with Gasteiger partial charge in [0.25, 0.3) is 5.91 Å². The van der Waals surface area contributed by atoms with Gasteiger partial charge >= 0.3 is 0 Å². The Kier molecular flexibility index (Phi) is 3.81. The van der Waals surface area contributed by atoms with Crippen molar-refractivity contribution in [1.29, 1.82) is 0 Å². The first-order valence-electron chi connectivity index (χ1n) is 7.89. The molecule has 1 aliphatic heterocycles. The number of phenolic OH excluding ortho intramolecular Hbond substituents is 1. The smallest absolute Gasteiger partial charge is 0.255 e. The minimum atomic E-state index is -0.529. The molecule has 0 radical (unpaired) electrons. The van der Waals surface area contributed by atoms with Crippen LogP contribution in [0.5, 0.6) is 5.75 Å². The maximum absolute atomic E-state index is 13.0. The molecule has 9 heteroatoms. The van der Waals surface area contributed by atoms with Crippen LogP contribution in [0.25, 0.3) is 0 Å². The van der Waals surface area contributed by atoms with Gasteiger partial charge in [0, 0.05) is 11.9 Å². The molecule has 9 nitrogen and oxygen atoms in total. The summed E-state index contributed by atoms with van der Waals surface area (Å²) >= 11 is 0. The van der Waals surface area contributed by atoms with Gasteiger partial charge in [0.1, 0.15) is 11.8 Å². The number of carbonyl (C=O) groups is 1. The van der Waals surface area contributed by atoms with Crippen LogP contribution in [0.15, 0.2) is 60.1 Å². The van der Waals surface area contributed by atoms with Gasteiger partial charge in [-0.1, -0.05) is 17.2 Å². The topological polar surface area (TPSA) is 118 Å². The molecule has 1 atom stereocenters. The van der Waals surface area contributed by atoms with Crippen molar-refractivity contribution in [3.8, 4) is 5.75 Å². The Balaban J connectivity index is 1.77. The summed E-state index contributed by atoms with van der Waals surface area (Å²) in [5.74, 6) is 0.294. The molecule has 3 N–H and O–H groups in total. The first-order valence-corrected chi connectivity index (χ1v) is 7.89. The van der Waals surface area contributed by atoms with E-state index in [-0.39, 0.29) is 11.7 Å². The zero-order valence-electron chi connectivity index (χ0n) is 13.8. The van der Waals surface area contributed by atoms with Crippen molar-refractivity contribution in [2.75, 3.05) is 10.6 Å². The Morgan fingerprint density at radius 3 is 2.81 bits per heavy atom. The fraction of sp³-hybridized carbons (Fsp3) is 0.118. The van der Waals surface area contributed by atoms with E-state index < -0.39 is 6.04 Å². The molecule has 130 valence electrons. The van der Waals surface area contributed by atoms with Crippen molar-refractivity contribution in [3.63, 3.8) is 0 Å². The number of rotatable bonds is 3. The second-order valence-corrected chi connectivity index (χ2v) is 5.80. The number of hydrogen-bond donors (Lipinski definition) is 3. The Morgan fingerprint density at radius 1 is 1.27 bits per heavy atom. The third kappa shape index (κ3) is 2.75. The van der Waals surface area contributed by atoms with Crippen LogP contribution in [-0.2, 0) is 4.79 Å². The number of fused-ring (bicyclic) bond motifs is 1. The number of aromatic hydroxyl groups is 1. The van der Waals surface area contributed by atoms with Gasteiger partial charge < -0.3 is 15.7 Å². The molecule has 1 amide bonds. The lowest BCUT2D eigenvalue weighted by molar-refractivity contribution is -0.113. The maximum Gasteiger partial charge on any atom is 0.255 e. The highest BCUT2D eigenvalue weighted by atomic mass is 16.3. The van der Waals surface area contributed by atoms with Gasteiger partial charge in [-0.25, -0.2) is 0 Å². The van der Waals surface area contributed by atoms with Crippen LogP contribution in [0.2, 0.25) is 0 Å². The van der Waals surface area contributed by atoms with E-state index in [9.17, 15) is 9.90 Å². The molecule has 0 fully saturated rings. The normalized spacial score (nSPS) is 16.0. The molecule has 0 saturated carbocycles. The van der Waals surface area contributed by atoms with E-state index >= 15 is 0 Å². The number of nitrogens with zero attached hydrogens (tertiary/aromatic N) is 5. The number of amides is 1. The second kappa shape index (κ2) is 6.28. The number of pyridine rings is 1. The second-order valence-electron chi connectivity index (χ2n) is 5.80. The molecule has 1 aliphatic rings. The van der Waals surface area contributed by atoms with Gasteiger partial charge in [-0.15, -0.1) is 0 Å². The molecular formula is C17H15N7O2. The molecular weight excluding hydrogens is 334 g/mol. The molecule has 0 unspecified atom stereocenters. The number of anilines is 2. The van der Waals surface area contributed by atoms with Crippen molar-refractivity contribution in [1.82, 2.24) is 25.2 Å². The molecule has 0 spiro atoms. The molecule has 0 saturated heterocycles. The number of aromatic nitrogens is 5. The molecule has 4 rings (SSSR count). The largest absolute Gasteiger partial charge is 0.508 e. The standard InChI is InChI=1S/C17H15N7O2/c1-10-14(16(26)20-12-3-2-8-18-9-12)15(11-4-6-13(25)7-5-11)24-17(19-10)21-22-23-24/h2-9,15,25H,1H3,(H,20,26)(H,19,21,23)/t15-/m0/s1. The van der Waals surface area contributed by atoms with E-state index in [1.54, 1.807) is 55.7 Å². The summed E-state index contributed by atoms with van der Waals surface area (Å²) < 4.78 is 1.54. The molecule has 3 aromatic rings. The van der Waals surface area contributed by atoms with E-state index in [0.29, 0.717) is 22.9 Å². The zero-order valence-corrected chi connectivity index (χ0v) is 13.8. The number of benzene rings is 1. The van der Waals surface area contributed by atoms with Crippen LogP contribution in [0.4, 0.5) is 11.6 Å². The van der Waals surface area contributed by atoms with Gasteiger partial charge in [-0.05, 0) is 47.2 Å². The minimum absolute atomic E-state index is 0.140. The highest BCUT2D eigenvalue weighted by Gasteiger charge is 2.34. The van der Waals surface area contributed by atoms with Gasteiger partial charge in [-0.2, -0.15) is 4.68 Å². The van der Waals surface area contributed by atoms with E-state index in [2.05, 4.69) is 31.1 Å². The van der Waals surface area contributed by atoms with Crippen molar-refractivity contribution in [2.45, 2.75) is 13.0 Å². The van der Waals surface area contributed by atoms with E-state index in [1.807, 2.05) is 0 Å². The summed E-state index contributed by atoms with van der Waals surface area (Å²) in [7, 11) is 0. The van der Waals surface area contributed by atoms with Crippen molar-refractivity contribution < 1.29 is 9.90 Å². The van der Waals surface area contributed by atoms with Crippen LogP contribution in [0.1, 0.15) is 18.5 Å². The van der Waals surface area contributed by atoms with E-state index in [0.717, 1.165) is 5.56 Å². The minimum Gasteiger partial charge on any atom is -0.508 e.